The van der Waals surface area contributed by atoms with Crippen molar-refractivity contribution in [3.8, 4) is 0 Å². The Hall–Kier alpha value is -1.35. The van der Waals surface area contributed by atoms with E-state index in [2.05, 4.69) is 12.2 Å². The van der Waals surface area contributed by atoms with Crippen LogP contribution in [0, 0.1) is 0 Å². The quantitative estimate of drug-likeness (QED) is 0.794. The molecule has 2 atom stereocenters. The van der Waals surface area contributed by atoms with Crippen molar-refractivity contribution in [3.05, 3.63) is 35.9 Å². The molecule has 0 radical (unpaired) electrons. The maximum Gasteiger partial charge on any atom is 0.222 e. The van der Waals surface area contributed by atoms with Crippen LogP contribution >= 0.6 is 0 Å². The van der Waals surface area contributed by atoms with Gasteiger partial charge in [0.05, 0.1) is 6.04 Å². The van der Waals surface area contributed by atoms with Gasteiger partial charge in [0.15, 0.2) is 0 Å². The van der Waals surface area contributed by atoms with Crippen molar-refractivity contribution < 1.29 is 4.79 Å². The number of hydrogen-bond acceptors (Lipinski definition) is 2. The first-order valence-electron chi connectivity index (χ1n) is 6.23. The molecular weight excluding hydrogens is 212 g/mol. The first-order valence-corrected chi connectivity index (χ1v) is 6.23. The standard InChI is InChI=1S/C14H22N2O/c1-3-7-13(15)10-14(17)16-11(2)12-8-5-4-6-9-12/h4-6,8-9,11,13H,3,7,10,15H2,1-2H3,(H,16,17)/t11-,13?/m1/s1. The zero-order valence-corrected chi connectivity index (χ0v) is 10.6. The van der Waals surface area contributed by atoms with Gasteiger partial charge in [0.1, 0.15) is 0 Å². The Morgan fingerprint density at radius 1 is 1.35 bits per heavy atom. The Balaban J connectivity index is 2.41. The van der Waals surface area contributed by atoms with Gasteiger partial charge in [0.2, 0.25) is 5.91 Å². The number of nitrogens with one attached hydrogen (secondary N) is 1. The van der Waals surface area contributed by atoms with Crippen LogP contribution in [0.15, 0.2) is 30.3 Å². The first-order chi connectivity index (χ1) is 8.13. The van der Waals surface area contributed by atoms with Crippen LogP contribution in [0.5, 0.6) is 0 Å². The summed E-state index contributed by atoms with van der Waals surface area (Å²) in [5.41, 5.74) is 6.95. The summed E-state index contributed by atoms with van der Waals surface area (Å²) in [4.78, 5) is 11.7. The fraction of sp³-hybridized carbons (Fsp3) is 0.500. The Kier molecular flexibility index (Phi) is 5.70. The van der Waals surface area contributed by atoms with E-state index in [1.54, 1.807) is 0 Å². The van der Waals surface area contributed by atoms with Gasteiger partial charge in [0, 0.05) is 12.5 Å². The number of nitrogens with two attached hydrogens (primary N) is 1. The van der Waals surface area contributed by atoms with Crippen molar-refractivity contribution >= 4 is 5.91 Å². The Morgan fingerprint density at radius 2 is 2.00 bits per heavy atom. The van der Waals surface area contributed by atoms with Crippen LogP contribution in [-0.2, 0) is 4.79 Å². The van der Waals surface area contributed by atoms with E-state index in [-0.39, 0.29) is 18.0 Å². The Labute approximate surface area is 103 Å². The summed E-state index contributed by atoms with van der Waals surface area (Å²) in [5.74, 6) is 0.0299. The molecule has 1 amide bonds. The van der Waals surface area contributed by atoms with Crippen LogP contribution < -0.4 is 11.1 Å². The van der Waals surface area contributed by atoms with Gasteiger partial charge in [-0.25, -0.2) is 0 Å². The Morgan fingerprint density at radius 3 is 2.59 bits per heavy atom. The summed E-state index contributed by atoms with van der Waals surface area (Å²) in [6, 6.07) is 9.95. The van der Waals surface area contributed by atoms with E-state index in [1.165, 1.54) is 0 Å². The highest BCUT2D eigenvalue weighted by Gasteiger charge is 2.12. The number of hydrogen-bond donors (Lipinski definition) is 2. The molecule has 3 N–H and O–H groups in total. The molecule has 1 aromatic rings. The third-order valence-corrected chi connectivity index (χ3v) is 2.78. The zero-order chi connectivity index (χ0) is 12.7. The predicted molar refractivity (Wildman–Crippen MR) is 70.5 cm³/mol. The lowest BCUT2D eigenvalue weighted by molar-refractivity contribution is -0.122. The van der Waals surface area contributed by atoms with Crippen molar-refractivity contribution in [2.45, 2.75) is 45.2 Å². The fourth-order valence-corrected chi connectivity index (χ4v) is 1.84. The van der Waals surface area contributed by atoms with Crippen LogP contribution in [0.25, 0.3) is 0 Å². The van der Waals surface area contributed by atoms with Crippen molar-refractivity contribution in [1.82, 2.24) is 5.32 Å². The summed E-state index contributed by atoms with van der Waals surface area (Å²) >= 11 is 0. The number of carbonyl (C=O) groups excluding carboxylic acids is 1. The highest BCUT2D eigenvalue weighted by atomic mass is 16.1. The normalized spacial score (nSPS) is 14.1. The first kappa shape index (κ1) is 13.7. The van der Waals surface area contributed by atoms with Crippen LogP contribution in [0.4, 0.5) is 0 Å². The van der Waals surface area contributed by atoms with Crippen LogP contribution in [0.2, 0.25) is 0 Å². The van der Waals surface area contributed by atoms with E-state index < -0.39 is 0 Å². The Bertz CT molecular complexity index is 337. The molecule has 0 aliphatic rings. The van der Waals surface area contributed by atoms with E-state index in [1.807, 2.05) is 37.3 Å². The average Bonchev–Trinajstić information content (AvgIpc) is 2.30. The summed E-state index contributed by atoms with van der Waals surface area (Å²) in [7, 11) is 0. The molecule has 0 saturated heterocycles. The molecule has 0 bridgehead atoms. The van der Waals surface area contributed by atoms with Gasteiger partial charge < -0.3 is 11.1 Å². The summed E-state index contributed by atoms with van der Waals surface area (Å²) in [6.07, 6.45) is 2.32. The third-order valence-electron chi connectivity index (χ3n) is 2.78. The van der Waals surface area contributed by atoms with E-state index in [4.69, 9.17) is 5.73 Å². The second kappa shape index (κ2) is 7.07. The summed E-state index contributed by atoms with van der Waals surface area (Å²) in [5, 5.41) is 2.97. The van der Waals surface area contributed by atoms with Gasteiger partial charge in [-0.15, -0.1) is 0 Å². The SMILES string of the molecule is CCCC(N)CC(=O)N[C@H](C)c1ccccc1. The van der Waals surface area contributed by atoms with Crippen molar-refractivity contribution in [1.29, 1.82) is 0 Å². The molecule has 3 heteroatoms. The molecule has 1 unspecified atom stereocenters. The molecule has 0 heterocycles. The minimum absolute atomic E-state index is 0.0250. The van der Waals surface area contributed by atoms with Gasteiger partial charge in [-0.1, -0.05) is 43.7 Å². The lowest BCUT2D eigenvalue weighted by atomic mass is 10.1. The minimum atomic E-state index is -0.0250. The van der Waals surface area contributed by atoms with Crippen LogP contribution in [-0.4, -0.2) is 11.9 Å². The molecular formula is C14H22N2O. The zero-order valence-electron chi connectivity index (χ0n) is 10.6. The minimum Gasteiger partial charge on any atom is -0.350 e. The monoisotopic (exact) mass is 234 g/mol. The fourth-order valence-electron chi connectivity index (χ4n) is 1.84. The molecule has 0 aliphatic heterocycles. The maximum atomic E-state index is 11.7. The van der Waals surface area contributed by atoms with Crippen molar-refractivity contribution in [2.75, 3.05) is 0 Å². The highest BCUT2D eigenvalue weighted by Crippen LogP contribution is 2.11. The molecule has 0 fully saturated rings. The molecule has 0 aromatic heterocycles. The molecule has 17 heavy (non-hydrogen) atoms. The lowest BCUT2D eigenvalue weighted by Crippen LogP contribution is -2.33. The largest absolute Gasteiger partial charge is 0.350 e. The molecule has 94 valence electrons. The third kappa shape index (κ3) is 5.00. The van der Waals surface area contributed by atoms with E-state index in [0.29, 0.717) is 6.42 Å². The molecule has 3 nitrogen and oxygen atoms in total. The van der Waals surface area contributed by atoms with Gasteiger partial charge in [-0.3, -0.25) is 4.79 Å². The lowest BCUT2D eigenvalue weighted by Gasteiger charge is -2.16. The molecule has 0 aliphatic carbocycles. The highest BCUT2D eigenvalue weighted by molar-refractivity contribution is 5.77. The van der Waals surface area contributed by atoms with Gasteiger partial charge in [-0.05, 0) is 18.9 Å². The summed E-state index contributed by atoms with van der Waals surface area (Å²) in [6.45, 7) is 4.06. The molecule has 1 aromatic carbocycles. The van der Waals surface area contributed by atoms with E-state index in [0.717, 1.165) is 18.4 Å². The topological polar surface area (TPSA) is 55.1 Å². The number of benzene rings is 1. The smallest absolute Gasteiger partial charge is 0.222 e. The number of rotatable bonds is 6. The van der Waals surface area contributed by atoms with Crippen LogP contribution in [0.3, 0.4) is 0 Å². The second-order valence-corrected chi connectivity index (χ2v) is 4.45. The summed E-state index contributed by atoms with van der Waals surface area (Å²) < 4.78 is 0. The molecule has 0 spiro atoms. The maximum absolute atomic E-state index is 11.7. The number of amides is 1. The van der Waals surface area contributed by atoms with Crippen molar-refractivity contribution in [3.63, 3.8) is 0 Å². The van der Waals surface area contributed by atoms with Crippen LogP contribution in [0.1, 0.15) is 44.7 Å². The van der Waals surface area contributed by atoms with Gasteiger partial charge >= 0.3 is 0 Å². The molecule has 1 rings (SSSR count). The second-order valence-electron chi connectivity index (χ2n) is 4.45. The van der Waals surface area contributed by atoms with E-state index in [9.17, 15) is 4.79 Å². The predicted octanol–water partition coefficient (Wildman–Crippen LogP) is 2.38. The number of carbonyl (C=O) groups is 1. The average molecular weight is 234 g/mol. The van der Waals surface area contributed by atoms with Gasteiger partial charge in [0.25, 0.3) is 0 Å². The van der Waals surface area contributed by atoms with Crippen molar-refractivity contribution in [2.24, 2.45) is 5.73 Å². The van der Waals surface area contributed by atoms with E-state index >= 15 is 0 Å². The molecule has 0 saturated carbocycles. The van der Waals surface area contributed by atoms with Gasteiger partial charge in [-0.2, -0.15) is 0 Å².